The maximum absolute atomic E-state index is 13.2. The SMILES string of the molecule is Cc1nc([C@@H](C)N(C)C(=O)CCc2nc3ccc(F)cc3[nH]2)c(C)s1. The van der Waals surface area contributed by atoms with Crippen LogP contribution in [0.15, 0.2) is 18.2 Å². The van der Waals surface area contributed by atoms with Gasteiger partial charge < -0.3 is 9.88 Å². The number of fused-ring (bicyclic) bond motifs is 1. The standard InChI is InChI=1S/C18H21FN4OS/c1-10(18-11(2)25-12(3)20-18)23(4)17(24)8-7-16-21-14-6-5-13(19)9-15(14)22-16/h5-6,9-10H,7-8H2,1-4H3,(H,21,22)/t10-/m1/s1. The second kappa shape index (κ2) is 6.92. The number of carbonyl (C=O) groups excluding carboxylic acids is 1. The summed E-state index contributed by atoms with van der Waals surface area (Å²) in [6.07, 6.45) is 0.826. The van der Waals surface area contributed by atoms with Crippen molar-refractivity contribution >= 4 is 28.3 Å². The normalized spacial score (nSPS) is 12.5. The molecule has 2 aromatic heterocycles. The Balaban J connectivity index is 1.65. The van der Waals surface area contributed by atoms with Gasteiger partial charge in [0.25, 0.3) is 0 Å². The first-order valence-electron chi connectivity index (χ1n) is 8.19. The summed E-state index contributed by atoms with van der Waals surface area (Å²) in [5.74, 6) is 0.418. The predicted molar refractivity (Wildman–Crippen MR) is 97.1 cm³/mol. The van der Waals surface area contributed by atoms with Crippen LogP contribution in [-0.2, 0) is 11.2 Å². The minimum atomic E-state index is -0.304. The highest BCUT2D eigenvalue weighted by Crippen LogP contribution is 2.26. The fourth-order valence-corrected chi connectivity index (χ4v) is 3.79. The molecule has 25 heavy (non-hydrogen) atoms. The molecule has 0 bridgehead atoms. The lowest BCUT2D eigenvalue weighted by Crippen LogP contribution is -2.30. The zero-order chi connectivity index (χ0) is 18.1. The van der Waals surface area contributed by atoms with E-state index >= 15 is 0 Å². The van der Waals surface area contributed by atoms with Crippen molar-refractivity contribution in [3.05, 3.63) is 45.4 Å². The van der Waals surface area contributed by atoms with Crippen molar-refractivity contribution in [2.75, 3.05) is 7.05 Å². The summed E-state index contributed by atoms with van der Waals surface area (Å²) in [6, 6.07) is 4.36. The molecule has 3 aromatic rings. The van der Waals surface area contributed by atoms with Gasteiger partial charge in [0.2, 0.25) is 5.91 Å². The Morgan fingerprint density at radius 2 is 2.12 bits per heavy atom. The molecule has 0 aliphatic carbocycles. The Morgan fingerprint density at radius 3 is 2.80 bits per heavy atom. The summed E-state index contributed by atoms with van der Waals surface area (Å²) < 4.78 is 13.2. The second-order valence-electron chi connectivity index (χ2n) is 6.20. The van der Waals surface area contributed by atoms with Gasteiger partial charge in [0, 0.05) is 24.8 Å². The van der Waals surface area contributed by atoms with Crippen LogP contribution in [0.4, 0.5) is 4.39 Å². The topological polar surface area (TPSA) is 61.9 Å². The average molecular weight is 360 g/mol. The Labute approximate surface area is 149 Å². The third-order valence-electron chi connectivity index (χ3n) is 4.38. The lowest BCUT2D eigenvalue weighted by Gasteiger charge is -2.24. The molecule has 2 heterocycles. The van der Waals surface area contributed by atoms with E-state index in [0.717, 1.165) is 15.6 Å². The zero-order valence-electron chi connectivity index (χ0n) is 14.8. The van der Waals surface area contributed by atoms with E-state index in [2.05, 4.69) is 15.0 Å². The molecule has 5 nitrogen and oxygen atoms in total. The molecule has 1 amide bonds. The molecule has 1 atom stereocenters. The van der Waals surface area contributed by atoms with Crippen LogP contribution in [0.25, 0.3) is 11.0 Å². The smallest absolute Gasteiger partial charge is 0.223 e. The van der Waals surface area contributed by atoms with Crippen molar-refractivity contribution in [3.8, 4) is 0 Å². The van der Waals surface area contributed by atoms with E-state index in [9.17, 15) is 9.18 Å². The first kappa shape index (κ1) is 17.5. The fourth-order valence-electron chi connectivity index (χ4n) is 2.89. The van der Waals surface area contributed by atoms with E-state index in [-0.39, 0.29) is 17.8 Å². The number of thiazole rings is 1. The molecule has 0 aliphatic rings. The van der Waals surface area contributed by atoms with E-state index in [1.165, 1.54) is 12.1 Å². The third-order valence-corrected chi connectivity index (χ3v) is 5.28. The predicted octanol–water partition coefficient (Wildman–Crippen LogP) is 3.93. The van der Waals surface area contributed by atoms with E-state index < -0.39 is 0 Å². The number of H-pyrrole nitrogens is 1. The number of hydrogen-bond acceptors (Lipinski definition) is 4. The molecule has 0 saturated carbocycles. The Kier molecular flexibility index (Phi) is 4.85. The minimum absolute atomic E-state index is 0.0317. The van der Waals surface area contributed by atoms with Crippen LogP contribution in [0.2, 0.25) is 0 Å². The highest BCUT2D eigenvalue weighted by Gasteiger charge is 2.21. The van der Waals surface area contributed by atoms with E-state index in [1.54, 1.807) is 29.4 Å². The number of aromatic nitrogens is 3. The van der Waals surface area contributed by atoms with Crippen LogP contribution >= 0.6 is 11.3 Å². The molecular formula is C18H21FN4OS. The van der Waals surface area contributed by atoms with Gasteiger partial charge >= 0.3 is 0 Å². The highest BCUT2D eigenvalue weighted by molar-refractivity contribution is 7.11. The van der Waals surface area contributed by atoms with Gasteiger partial charge in [-0.2, -0.15) is 0 Å². The highest BCUT2D eigenvalue weighted by atomic mass is 32.1. The van der Waals surface area contributed by atoms with Crippen molar-refractivity contribution in [2.45, 2.75) is 39.7 Å². The molecule has 0 saturated heterocycles. The molecule has 1 N–H and O–H groups in total. The Hall–Kier alpha value is -2.28. The Morgan fingerprint density at radius 1 is 1.36 bits per heavy atom. The summed E-state index contributed by atoms with van der Waals surface area (Å²) in [5.41, 5.74) is 2.31. The largest absolute Gasteiger partial charge is 0.342 e. The molecule has 0 unspecified atom stereocenters. The number of rotatable bonds is 5. The number of amides is 1. The molecule has 0 fully saturated rings. The van der Waals surface area contributed by atoms with Gasteiger partial charge in [0.05, 0.1) is 27.8 Å². The molecule has 3 rings (SSSR count). The van der Waals surface area contributed by atoms with Gasteiger partial charge in [-0.15, -0.1) is 11.3 Å². The monoisotopic (exact) mass is 360 g/mol. The average Bonchev–Trinajstić information content (AvgIpc) is 3.12. The zero-order valence-corrected chi connectivity index (χ0v) is 15.6. The van der Waals surface area contributed by atoms with Gasteiger partial charge in [-0.3, -0.25) is 4.79 Å². The lowest BCUT2D eigenvalue weighted by molar-refractivity contribution is -0.131. The lowest BCUT2D eigenvalue weighted by atomic mass is 10.1. The molecule has 1 aromatic carbocycles. The summed E-state index contributed by atoms with van der Waals surface area (Å²) >= 11 is 1.65. The number of imidazole rings is 1. The quantitative estimate of drug-likeness (QED) is 0.750. The molecule has 132 valence electrons. The van der Waals surface area contributed by atoms with Gasteiger partial charge in [-0.1, -0.05) is 0 Å². The van der Waals surface area contributed by atoms with Gasteiger partial charge in [0.1, 0.15) is 11.6 Å². The van der Waals surface area contributed by atoms with Gasteiger partial charge in [-0.05, 0) is 39.0 Å². The number of benzene rings is 1. The number of halogens is 1. The second-order valence-corrected chi connectivity index (χ2v) is 7.61. The molecular weight excluding hydrogens is 339 g/mol. The molecule has 0 aliphatic heterocycles. The fraction of sp³-hybridized carbons (Fsp3) is 0.389. The van der Waals surface area contributed by atoms with Crippen LogP contribution in [-0.4, -0.2) is 32.8 Å². The number of aryl methyl sites for hydroxylation is 3. The number of hydrogen-bond donors (Lipinski definition) is 1. The number of carbonyl (C=O) groups is 1. The first-order valence-corrected chi connectivity index (χ1v) is 9.00. The Bertz CT molecular complexity index is 917. The van der Waals surface area contributed by atoms with Gasteiger partial charge in [0.15, 0.2) is 0 Å². The van der Waals surface area contributed by atoms with E-state index in [0.29, 0.717) is 29.7 Å². The van der Waals surface area contributed by atoms with Crippen LogP contribution in [0, 0.1) is 19.7 Å². The summed E-state index contributed by atoms with van der Waals surface area (Å²) in [5, 5.41) is 1.01. The van der Waals surface area contributed by atoms with Crippen LogP contribution < -0.4 is 0 Å². The minimum Gasteiger partial charge on any atom is -0.342 e. The van der Waals surface area contributed by atoms with Crippen molar-refractivity contribution in [2.24, 2.45) is 0 Å². The number of nitrogens with one attached hydrogen (secondary N) is 1. The molecule has 0 spiro atoms. The van der Waals surface area contributed by atoms with Gasteiger partial charge in [-0.25, -0.2) is 14.4 Å². The molecule has 7 heteroatoms. The first-order chi connectivity index (χ1) is 11.8. The van der Waals surface area contributed by atoms with Crippen LogP contribution in [0.5, 0.6) is 0 Å². The van der Waals surface area contributed by atoms with E-state index in [4.69, 9.17) is 0 Å². The maximum atomic E-state index is 13.2. The van der Waals surface area contributed by atoms with Crippen molar-refractivity contribution in [1.29, 1.82) is 0 Å². The van der Waals surface area contributed by atoms with Crippen molar-refractivity contribution < 1.29 is 9.18 Å². The summed E-state index contributed by atoms with van der Waals surface area (Å²) in [4.78, 5) is 27.4. The van der Waals surface area contributed by atoms with Crippen molar-refractivity contribution in [1.82, 2.24) is 19.9 Å². The maximum Gasteiger partial charge on any atom is 0.223 e. The van der Waals surface area contributed by atoms with Crippen LogP contribution in [0.3, 0.4) is 0 Å². The summed E-state index contributed by atoms with van der Waals surface area (Å²) in [6.45, 7) is 5.99. The van der Waals surface area contributed by atoms with Crippen LogP contribution in [0.1, 0.15) is 40.8 Å². The molecule has 0 radical (unpaired) electrons. The number of aromatic amines is 1. The van der Waals surface area contributed by atoms with Crippen molar-refractivity contribution in [3.63, 3.8) is 0 Å². The third kappa shape index (κ3) is 3.71. The summed E-state index contributed by atoms with van der Waals surface area (Å²) in [7, 11) is 1.80. The number of nitrogens with zero attached hydrogens (tertiary/aromatic N) is 3. The van der Waals surface area contributed by atoms with E-state index in [1.807, 2.05) is 20.8 Å².